The first kappa shape index (κ1) is 26.1. The zero-order valence-corrected chi connectivity index (χ0v) is 19.0. The van der Waals surface area contributed by atoms with E-state index in [1.807, 2.05) is 0 Å². The number of anilines is 1. The van der Waals surface area contributed by atoms with Crippen LogP contribution in [0, 0.1) is 17.1 Å². The van der Waals surface area contributed by atoms with Crippen molar-refractivity contribution in [3.05, 3.63) is 75.6 Å². The van der Waals surface area contributed by atoms with Gasteiger partial charge in [0.2, 0.25) is 0 Å². The number of hydrogen-bond acceptors (Lipinski definition) is 5. The number of alkyl halides is 3. The van der Waals surface area contributed by atoms with Crippen LogP contribution < -0.4 is 5.32 Å². The van der Waals surface area contributed by atoms with Crippen molar-refractivity contribution in [1.29, 1.82) is 5.41 Å². The normalized spacial score (nSPS) is 15.9. The molecule has 0 spiro atoms. The highest BCUT2D eigenvalue weighted by Gasteiger charge is 2.37. The minimum atomic E-state index is -4.88. The molecule has 2 aromatic carbocycles. The molecule has 35 heavy (non-hydrogen) atoms. The Morgan fingerprint density at radius 2 is 1.86 bits per heavy atom. The highest BCUT2D eigenvalue weighted by atomic mass is 35.5. The number of ether oxygens (including phenoxy) is 1. The summed E-state index contributed by atoms with van der Waals surface area (Å²) in [6.07, 6.45) is -3.73. The number of amides is 1. The molecule has 0 fully saturated rings. The summed E-state index contributed by atoms with van der Waals surface area (Å²) in [5.74, 6) is -4.53. The van der Waals surface area contributed by atoms with Crippen molar-refractivity contribution < 1.29 is 36.7 Å². The molecule has 0 aromatic heterocycles. The van der Waals surface area contributed by atoms with Gasteiger partial charge in [-0.15, -0.1) is 0 Å². The van der Waals surface area contributed by atoms with Gasteiger partial charge in [0.05, 0.1) is 39.7 Å². The second kappa shape index (κ2) is 10.4. The molecule has 0 saturated heterocycles. The number of carbonyl (C=O) groups is 3. The zero-order valence-electron chi connectivity index (χ0n) is 18.3. The fourth-order valence-electron chi connectivity index (χ4n) is 3.68. The van der Waals surface area contributed by atoms with Crippen LogP contribution in [0.1, 0.15) is 41.3 Å². The van der Waals surface area contributed by atoms with E-state index in [2.05, 4.69) is 5.32 Å². The highest BCUT2D eigenvalue weighted by Crippen LogP contribution is 2.36. The molecule has 6 nitrogen and oxygen atoms in total. The van der Waals surface area contributed by atoms with Gasteiger partial charge in [-0.3, -0.25) is 19.8 Å². The summed E-state index contributed by atoms with van der Waals surface area (Å²) in [4.78, 5) is 37.1. The lowest BCUT2D eigenvalue weighted by molar-refractivity contribution is -0.151. The van der Waals surface area contributed by atoms with E-state index >= 15 is 0 Å². The van der Waals surface area contributed by atoms with Gasteiger partial charge in [-0.1, -0.05) is 23.7 Å². The third-order valence-corrected chi connectivity index (χ3v) is 5.63. The van der Waals surface area contributed by atoms with Crippen LogP contribution in [-0.4, -0.2) is 30.0 Å². The van der Waals surface area contributed by atoms with Crippen LogP contribution in [0.15, 0.2) is 48.0 Å². The number of benzene rings is 2. The van der Waals surface area contributed by atoms with Crippen molar-refractivity contribution in [2.24, 2.45) is 5.92 Å². The van der Waals surface area contributed by atoms with E-state index in [9.17, 15) is 31.9 Å². The van der Waals surface area contributed by atoms with Crippen LogP contribution in [0.25, 0.3) is 0 Å². The Morgan fingerprint density at radius 1 is 1.17 bits per heavy atom. The Balaban J connectivity index is 1.95. The average Bonchev–Trinajstić information content (AvgIpc) is 2.78. The quantitative estimate of drug-likeness (QED) is 0.229. The lowest BCUT2D eigenvalue weighted by Gasteiger charge is -2.21. The molecule has 184 valence electrons. The van der Waals surface area contributed by atoms with Gasteiger partial charge in [-0.05, 0) is 55.7 Å². The number of esters is 1. The Morgan fingerprint density at radius 3 is 2.49 bits per heavy atom. The molecule has 0 bridgehead atoms. The summed E-state index contributed by atoms with van der Waals surface area (Å²) in [5.41, 5.74) is -3.19. The van der Waals surface area contributed by atoms with Gasteiger partial charge >= 0.3 is 12.1 Å². The van der Waals surface area contributed by atoms with Crippen LogP contribution in [0.3, 0.4) is 0 Å². The molecule has 1 aliphatic carbocycles. The van der Waals surface area contributed by atoms with Crippen molar-refractivity contribution in [3.63, 3.8) is 0 Å². The first-order chi connectivity index (χ1) is 16.5. The molecule has 1 atom stereocenters. The van der Waals surface area contributed by atoms with Crippen LogP contribution >= 0.6 is 11.6 Å². The Labute approximate surface area is 202 Å². The summed E-state index contributed by atoms with van der Waals surface area (Å²) in [6.45, 7) is 1.69. The van der Waals surface area contributed by atoms with Gasteiger partial charge in [0.15, 0.2) is 5.78 Å². The third-order valence-electron chi connectivity index (χ3n) is 5.31. The fourth-order valence-corrected chi connectivity index (χ4v) is 3.94. The SMILES string of the molecule is CCOC(=O)C1CCC(C(=N)c2c(F)cccc2NC(=O)c2c(Cl)cccc2C(F)(F)F)=CC1=O. The van der Waals surface area contributed by atoms with Crippen molar-refractivity contribution >= 4 is 40.7 Å². The molecule has 1 amide bonds. The molecule has 2 aromatic rings. The monoisotopic (exact) mass is 510 g/mol. The van der Waals surface area contributed by atoms with Gasteiger partial charge in [0.25, 0.3) is 5.91 Å². The minimum Gasteiger partial charge on any atom is -0.465 e. The van der Waals surface area contributed by atoms with E-state index in [4.69, 9.17) is 21.7 Å². The van der Waals surface area contributed by atoms with Crippen molar-refractivity contribution in [1.82, 2.24) is 0 Å². The second-order valence-corrected chi connectivity index (χ2v) is 7.97. The zero-order chi connectivity index (χ0) is 25.9. The standard InChI is InChI=1S/C24H19ClF4N2O4/c1-2-35-23(34)13-10-9-12(11-18(13)32)21(30)20-16(26)7-4-8-17(20)31-22(33)19-14(24(27,28)29)5-3-6-15(19)25/h3-8,11,13,30H,2,9-10H2,1H3,(H,31,33). The van der Waals surface area contributed by atoms with Crippen molar-refractivity contribution in [2.75, 3.05) is 11.9 Å². The molecular formula is C24H19ClF4N2O4. The number of nitrogens with one attached hydrogen (secondary N) is 2. The van der Waals surface area contributed by atoms with Gasteiger partial charge in [0, 0.05) is 0 Å². The highest BCUT2D eigenvalue weighted by molar-refractivity contribution is 6.35. The molecule has 11 heteroatoms. The number of halogens is 5. The van der Waals surface area contributed by atoms with Gasteiger partial charge in [-0.2, -0.15) is 13.2 Å². The van der Waals surface area contributed by atoms with Gasteiger partial charge in [-0.25, -0.2) is 4.39 Å². The first-order valence-corrected chi connectivity index (χ1v) is 10.8. The average molecular weight is 511 g/mol. The van der Waals surface area contributed by atoms with Crippen LogP contribution in [0.4, 0.5) is 23.2 Å². The second-order valence-electron chi connectivity index (χ2n) is 7.57. The minimum absolute atomic E-state index is 0.0383. The molecule has 3 rings (SSSR count). The Kier molecular flexibility index (Phi) is 7.74. The topological polar surface area (TPSA) is 96.3 Å². The largest absolute Gasteiger partial charge is 0.465 e. The molecular weight excluding hydrogens is 492 g/mol. The molecule has 0 heterocycles. The van der Waals surface area contributed by atoms with Gasteiger partial charge in [0.1, 0.15) is 11.7 Å². The van der Waals surface area contributed by atoms with E-state index in [0.29, 0.717) is 6.07 Å². The predicted molar refractivity (Wildman–Crippen MR) is 120 cm³/mol. The molecule has 2 N–H and O–H groups in total. The molecule has 1 unspecified atom stereocenters. The lowest BCUT2D eigenvalue weighted by Crippen LogP contribution is -2.29. The molecule has 0 aliphatic heterocycles. The number of rotatable bonds is 6. The number of hydrogen-bond donors (Lipinski definition) is 2. The molecule has 0 radical (unpaired) electrons. The van der Waals surface area contributed by atoms with E-state index in [0.717, 1.165) is 24.3 Å². The summed E-state index contributed by atoms with van der Waals surface area (Å²) in [5, 5.41) is 10.2. The van der Waals surface area contributed by atoms with E-state index < -0.39 is 63.0 Å². The summed E-state index contributed by atoms with van der Waals surface area (Å²) in [7, 11) is 0. The summed E-state index contributed by atoms with van der Waals surface area (Å²) >= 11 is 5.87. The number of ketones is 1. The van der Waals surface area contributed by atoms with Gasteiger partial charge < -0.3 is 10.1 Å². The van der Waals surface area contributed by atoms with E-state index in [-0.39, 0.29) is 30.7 Å². The van der Waals surface area contributed by atoms with Crippen molar-refractivity contribution in [3.8, 4) is 0 Å². The molecule has 1 aliphatic rings. The maximum Gasteiger partial charge on any atom is 0.417 e. The Hall–Kier alpha value is -3.53. The lowest BCUT2D eigenvalue weighted by atomic mass is 9.84. The Bertz CT molecular complexity index is 1240. The van der Waals surface area contributed by atoms with E-state index in [1.54, 1.807) is 6.92 Å². The number of carbonyl (C=O) groups excluding carboxylic acids is 3. The van der Waals surface area contributed by atoms with Crippen LogP contribution in [0.5, 0.6) is 0 Å². The van der Waals surface area contributed by atoms with Crippen molar-refractivity contribution in [2.45, 2.75) is 25.9 Å². The smallest absolute Gasteiger partial charge is 0.417 e. The first-order valence-electron chi connectivity index (χ1n) is 10.4. The summed E-state index contributed by atoms with van der Waals surface area (Å²) in [6, 6.07) is 6.26. The third kappa shape index (κ3) is 5.59. The maximum atomic E-state index is 14.8. The van der Waals surface area contributed by atoms with Crippen LogP contribution in [0.2, 0.25) is 5.02 Å². The number of allylic oxidation sites excluding steroid dienone is 2. The molecule has 0 saturated carbocycles. The summed E-state index contributed by atoms with van der Waals surface area (Å²) < 4.78 is 59.9. The van der Waals surface area contributed by atoms with E-state index in [1.165, 1.54) is 12.1 Å². The maximum absolute atomic E-state index is 14.8. The van der Waals surface area contributed by atoms with Crippen LogP contribution in [-0.2, 0) is 20.5 Å². The fraction of sp³-hybridized carbons (Fsp3) is 0.250. The predicted octanol–water partition coefficient (Wildman–Crippen LogP) is 5.59.